The molecule has 3 atom stereocenters. The van der Waals surface area contributed by atoms with E-state index in [-0.39, 0.29) is 11.8 Å². The van der Waals surface area contributed by atoms with Crippen molar-refractivity contribution in [3.8, 4) is 0 Å². The van der Waals surface area contributed by atoms with Crippen molar-refractivity contribution in [2.24, 2.45) is 16.8 Å². The van der Waals surface area contributed by atoms with Gasteiger partial charge in [0.25, 0.3) is 0 Å². The first-order chi connectivity index (χ1) is 14.0. The number of alkyl halides is 3. The summed E-state index contributed by atoms with van der Waals surface area (Å²) in [5, 5.41) is 0. The van der Waals surface area contributed by atoms with Gasteiger partial charge in [-0.05, 0) is 24.8 Å². The van der Waals surface area contributed by atoms with Gasteiger partial charge in [0.15, 0.2) is 11.1 Å². The number of H-pyrrole nitrogens is 1. The van der Waals surface area contributed by atoms with Gasteiger partial charge in [-0.3, -0.25) is 9.56 Å². The molecule has 166 valence electrons. The summed E-state index contributed by atoms with van der Waals surface area (Å²) in [5.41, 5.74) is 2.88. The number of nitrogens with zero attached hydrogens (tertiary/aromatic N) is 3. The average molecular weight is 446 g/mol. The standard InChI is InChI=1S/C19H26F3N5O2S/c1-4-13-9-14(26-30(28,29)8-6-19(20,21)22)10-15(13)12(2)27-16-5-7-24-18(16)25-11-17(27)23-3/h5,7,11,13-15,24,26H,2,4,6,8-10H2,1,3H3/b23-17-/t13-,14+,15-/m0/s1. The van der Waals surface area contributed by atoms with E-state index in [2.05, 4.69) is 26.3 Å². The van der Waals surface area contributed by atoms with Crippen LogP contribution in [0.3, 0.4) is 0 Å². The number of nitrogens with one attached hydrogen (secondary N) is 2. The SMILES string of the molecule is C=C([C@@H]1C[C@H](NS(=O)(=O)CCC(F)(F)F)C[C@@H]1CC)n1/c(=N\C)cnc2[nH]ccc21. The summed E-state index contributed by atoms with van der Waals surface area (Å²) in [6, 6.07) is 1.44. The smallest absolute Gasteiger partial charge is 0.345 e. The van der Waals surface area contributed by atoms with Gasteiger partial charge >= 0.3 is 6.18 Å². The Bertz CT molecular complexity index is 1090. The minimum absolute atomic E-state index is 0.0451. The van der Waals surface area contributed by atoms with E-state index >= 15 is 0 Å². The largest absolute Gasteiger partial charge is 0.390 e. The van der Waals surface area contributed by atoms with E-state index in [1.165, 1.54) is 0 Å². The van der Waals surface area contributed by atoms with Crippen LogP contribution in [0.1, 0.15) is 32.6 Å². The van der Waals surface area contributed by atoms with E-state index in [9.17, 15) is 21.6 Å². The van der Waals surface area contributed by atoms with Gasteiger partial charge in [-0.15, -0.1) is 0 Å². The molecule has 1 aliphatic rings. The van der Waals surface area contributed by atoms with Gasteiger partial charge < -0.3 is 4.98 Å². The van der Waals surface area contributed by atoms with Gasteiger partial charge in [-0.2, -0.15) is 13.2 Å². The number of aromatic nitrogens is 3. The Morgan fingerprint density at radius 2 is 2.17 bits per heavy atom. The fraction of sp³-hybridized carbons (Fsp3) is 0.579. The van der Waals surface area contributed by atoms with E-state index in [1.807, 2.05) is 17.6 Å². The van der Waals surface area contributed by atoms with Crippen LogP contribution in [0.25, 0.3) is 16.9 Å². The van der Waals surface area contributed by atoms with Gasteiger partial charge in [0, 0.05) is 30.9 Å². The predicted molar refractivity (Wildman–Crippen MR) is 109 cm³/mol. The monoisotopic (exact) mass is 445 g/mol. The van der Waals surface area contributed by atoms with Crippen molar-refractivity contribution in [2.75, 3.05) is 12.8 Å². The van der Waals surface area contributed by atoms with Gasteiger partial charge in [-0.25, -0.2) is 18.1 Å². The van der Waals surface area contributed by atoms with E-state index < -0.39 is 34.4 Å². The lowest BCUT2D eigenvalue weighted by Crippen LogP contribution is -2.36. The highest BCUT2D eigenvalue weighted by Gasteiger charge is 2.38. The van der Waals surface area contributed by atoms with Crippen molar-refractivity contribution in [1.82, 2.24) is 19.3 Å². The van der Waals surface area contributed by atoms with Crippen molar-refractivity contribution in [1.29, 1.82) is 0 Å². The normalized spacial score (nSPS) is 23.4. The molecule has 2 aromatic rings. The zero-order valence-corrected chi connectivity index (χ0v) is 17.7. The highest BCUT2D eigenvalue weighted by atomic mass is 32.2. The van der Waals surface area contributed by atoms with Gasteiger partial charge in [0.1, 0.15) is 0 Å². The molecule has 0 aromatic carbocycles. The van der Waals surface area contributed by atoms with Crippen LogP contribution < -0.4 is 10.2 Å². The first-order valence-electron chi connectivity index (χ1n) is 9.78. The molecule has 7 nitrogen and oxygen atoms in total. The Morgan fingerprint density at radius 3 is 2.80 bits per heavy atom. The maximum absolute atomic E-state index is 12.4. The molecule has 1 fully saturated rings. The summed E-state index contributed by atoms with van der Waals surface area (Å²) >= 11 is 0. The topological polar surface area (TPSA) is 92.1 Å². The fourth-order valence-corrected chi connectivity index (χ4v) is 5.53. The Balaban J connectivity index is 1.82. The summed E-state index contributed by atoms with van der Waals surface area (Å²) in [4.78, 5) is 11.7. The van der Waals surface area contributed by atoms with Crippen LogP contribution in [0.4, 0.5) is 13.2 Å². The summed E-state index contributed by atoms with van der Waals surface area (Å²) < 4.78 is 65.9. The van der Waals surface area contributed by atoms with E-state index in [0.717, 1.165) is 17.6 Å². The van der Waals surface area contributed by atoms with Crippen molar-refractivity contribution < 1.29 is 21.6 Å². The molecule has 3 rings (SSSR count). The van der Waals surface area contributed by atoms with Crippen LogP contribution >= 0.6 is 0 Å². The minimum Gasteiger partial charge on any atom is -0.345 e. The molecule has 2 N–H and O–H groups in total. The molecular weight excluding hydrogens is 419 g/mol. The van der Waals surface area contributed by atoms with Crippen molar-refractivity contribution in [2.45, 2.75) is 44.8 Å². The summed E-state index contributed by atoms with van der Waals surface area (Å²) in [6.07, 6.45) is -0.652. The molecule has 1 aliphatic carbocycles. The molecule has 0 unspecified atom stereocenters. The number of hydrogen-bond donors (Lipinski definition) is 2. The number of hydrogen-bond acceptors (Lipinski definition) is 4. The summed E-state index contributed by atoms with van der Waals surface area (Å²) in [6.45, 7) is 6.29. The number of allylic oxidation sites excluding steroid dienone is 1. The second-order valence-corrected chi connectivity index (χ2v) is 9.50. The number of aromatic amines is 1. The maximum Gasteiger partial charge on any atom is 0.390 e. The first-order valence-corrected chi connectivity index (χ1v) is 11.4. The zero-order valence-electron chi connectivity index (χ0n) is 16.9. The number of fused-ring (bicyclic) bond motifs is 1. The lowest BCUT2D eigenvalue weighted by atomic mass is 9.91. The first kappa shape index (κ1) is 22.5. The third kappa shape index (κ3) is 4.94. The summed E-state index contributed by atoms with van der Waals surface area (Å²) in [7, 11) is -2.37. The quantitative estimate of drug-likeness (QED) is 0.686. The van der Waals surface area contributed by atoms with E-state index in [1.54, 1.807) is 19.4 Å². The maximum atomic E-state index is 12.4. The molecule has 1 saturated carbocycles. The lowest BCUT2D eigenvalue weighted by molar-refractivity contribution is -0.130. The Hall–Kier alpha value is -2.14. The molecule has 11 heteroatoms. The van der Waals surface area contributed by atoms with Crippen LogP contribution in [0.2, 0.25) is 0 Å². The van der Waals surface area contributed by atoms with Crippen molar-refractivity contribution >= 4 is 26.9 Å². The molecule has 0 aliphatic heterocycles. The number of rotatable bonds is 7. The van der Waals surface area contributed by atoms with Gasteiger partial charge in [0.05, 0.1) is 23.9 Å². The van der Waals surface area contributed by atoms with Crippen LogP contribution in [-0.2, 0) is 10.0 Å². The lowest BCUT2D eigenvalue weighted by Gasteiger charge is -2.23. The van der Waals surface area contributed by atoms with E-state index in [4.69, 9.17) is 0 Å². The molecule has 2 heterocycles. The van der Waals surface area contributed by atoms with Gasteiger partial charge in [-0.1, -0.05) is 19.9 Å². The predicted octanol–water partition coefficient (Wildman–Crippen LogP) is 3.04. The molecule has 0 bridgehead atoms. The Labute approximate surface area is 173 Å². The van der Waals surface area contributed by atoms with Crippen LogP contribution in [0, 0.1) is 11.8 Å². The molecule has 30 heavy (non-hydrogen) atoms. The molecule has 0 saturated heterocycles. The third-order valence-electron chi connectivity index (χ3n) is 5.65. The van der Waals surface area contributed by atoms with E-state index in [0.29, 0.717) is 24.0 Å². The molecule has 0 amide bonds. The summed E-state index contributed by atoms with van der Waals surface area (Å²) in [5.74, 6) is -0.861. The molecule has 0 radical (unpaired) electrons. The molecule has 0 spiro atoms. The molecular formula is C19H26F3N5O2S. The second-order valence-electron chi connectivity index (χ2n) is 7.62. The van der Waals surface area contributed by atoms with Crippen LogP contribution in [-0.4, -0.2) is 48.0 Å². The van der Waals surface area contributed by atoms with Gasteiger partial charge in [0.2, 0.25) is 10.0 Å². The number of sulfonamides is 1. The zero-order chi connectivity index (χ0) is 22.1. The highest BCUT2D eigenvalue weighted by molar-refractivity contribution is 7.89. The second kappa shape index (κ2) is 8.54. The average Bonchev–Trinajstić information content (AvgIpc) is 3.30. The molecule has 2 aromatic heterocycles. The third-order valence-corrected chi connectivity index (χ3v) is 7.08. The van der Waals surface area contributed by atoms with Crippen molar-refractivity contribution in [3.05, 3.63) is 30.5 Å². The highest BCUT2D eigenvalue weighted by Crippen LogP contribution is 2.40. The Morgan fingerprint density at radius 1 is 1.43 bits per heavy atom. The Kier molecular flexibility index (Phi) is 6.42. The van der Waals surface area contributed by atoms with Crippen molar-refractivity contribution in [3.63, 3.8) is 0 Å². The van der Waals surface area contributed by atoms with Crippen LogP contribution in [0.15, 0.2) is 30.0 Å². The fourth-order valence-electron chi connectivity index (χ4n) is 4.21. The van der Waals surface area contributed by atoms with Crippen LogP contribution in [0.5, 0.6) is 0 Å². The minimum atomic E-state index is -4.51. The number of halogens is 3.